The van der Waals surface area contributed by atoms with Gasteiger partial charge in [-0.25, -0.2) is 4.39 Å². The summed E-state index contributed by atoms with van der Waals surface area (Å²) in [4.78, 5) is 23.7. The third-order valence-corrected chi connectivity index (χ3v) is 3.44. The molecule has 142 valence electrons. The molecule has 0 aliphatic heterocycles. The molecule has 2 aromatic carbocycles. The van der Waals surface area contributed by atoms with Crippen molar-refractivity contribution in [3.8, 4) is 11.5 Å². The fourth-order valence-electron chi connectivity index (χ4n) is 2.06. The van der Waals surface area contributed by atoms with E-state index in [-0.39, 0.29) is 5.75 Å². The van der Waals surface area contributed by atoms with Gasteiger partial charge in [0.15, 0.2) is 17.7 Å². The van der Waals surface area contributed by atoms with Crippen LogP contribution in [-0.2, 0) is 9.59 Å². The SMILES string of the molecule is CCOc1ccc(/C=C/C(=O)NNC(=O)[C@H](C)Oc2ccccc2F)cc1. The van der Waals surface area contributed by atoms with Gasteiger partial charge in [-0.15, -0.1) is 0 Å². The average molecular weight is 372 g/mol. The normalized spacial score (nSPS) is 11.7. The molecule has 0 radical (unpaired) electrons. The second-order valence-electron chi connectivity index (χ2n) is 5.50. The van der Waals surface area contributed by atoms with Crippen molar-refractivity contribution < 1.29 is 23.5 Å². The van der Waals surface area contributed by atoms with E-state index in [0.717, 1.165) is 11.3 Å². The summed E-state index contributed by atoms with van der Waals surface area (Å²) < 4.78 is 24.1. The fourth-order valence-corrected chi connectivity index (χ4v) is 2.06. The smallest absolute Gasteiger partial charge is 0.279 e. The maximum absolute atomic E-state index is 13.5. The van der Waals surface area contributed by atoms with Crippen LogP contribution in [0.5, 0.6) is 11.5 Å². The lowest BCUT2D eigenvalue weighted by Crippen LogP contribution is -2.46. The zero-order chi connectivity index (χ0) is 19.6. The largest absolute Gasteiger partial charge is 0.494 e. The minimum atomic E-state index is -0.989. The molecule has 2 amide bonds. The predicted molar refractivity (Wildman–Crippen MR) is 99.4 cm³/mol. The molecule has 1 atom stereocenters. The summed E-state index contributed by atoms with van der Waals surface area (Å²) in [5.74, 6) is -0.993. The molecule has 7 heteroatoms. The van der Waals surface area contributed by atoms with Crippen molar-refractivity contribution in [2.75, 3.05) is 6.61 Å². The Morgan fingerprint density at radius 2 is 1.81 bits per heavy atom. The lowest BCUT2D eigenvalue weighted by molar-refractivity contribution is -0.131. The highest BCUT2D eigenvalue weighted by Gasteiger charge is 2.16. The molecule has 0 spiro atoms. The van der Waals surface area contributed by atoms with Crippen molar-refractivity contribution in [2.24, 2.45) is 0 Å². The maximum atomic E-state index is 13.5. The van der Waals surface area contributed by atoms with Gasteiger partial charge < -0.3 is 9.47 Å². The van der Waals surface area contributed by atoms with E-state index in [1.54, 1.807) is 36.4 Å². The number of amides is 2. The van der Waals surface area contributed by atoms with Gasteiger partial charge in [0.05, 0.1) is 6.61 Å². The summed E-state index contributed by atoms with van der Waals surface area (Å²) in [6, 6.07) is 13.0. The molecular formula is C20H21FN2O4. The van der Waals surface area contributed by atoms with E-state index in [9.17, 15) is 14.0 Å². The van der Waals surface area contributed by atoms with Gasteiger partial charge in [-0.2, -0.15) is 0 Å². The first-order chi connectivity index (χ1) is 13.0. The topological polar surface area (TPSA) is 76.7 Å². The monoisotopic (exact) mass is 372 g/mol. The molecule has 0 aliphatic carbocycles. The number of hydrogen-bond donors (Lipinski definition) is 2. The zero-order valence-electron chi connectivity index (χ0n) is 15.1. The number of hydrogen-bond acceptors (Lipinski definition) is 4. The van der Waals surface area contributed by atoms with Crippen LogP contribution >= 0.6 is 0 Å². The number of halogens is 1. The van der Waals surface area contributed by atoms with Gasteiger partial charge in [0.2, 0.25) is 0 Å². The highest BCUT2D eigenvalue weighted by atomic mass is 19.1. The van der Waals surface area contributed by atoms with Crippen molar-refractivity contribution in [3.05, 3.63) is 66.0 Å². The predicted octanol–water partition coefficient (Wildman–Crippen LogP) is 2.85. The van der Waals surface area contributed by atoms with Crippen molar-refractivity contribution in [2.45, 2.75) is 20.0 Å². The first-order valence-corrected chi connectivity index (χ1v) is 8.41. The van der Waals surface area contributed by atoms with E-state index in [4.69, 9.17) is 9.47 Å². The van der Waals surface area contributed by atoms with Gasteiger partial charge in [0.1, 0.15) is 5.75 Å². The number of para-hydroxylation sites is 1. The Kier molecular flexibility index (Phi) is 7.37. The molecule has 0 unspecified atom stereocenters. The van der Waals surface area contributed by atoms with Crippen LogP contribution in [0.4, 0.5) is 4.39 Å². The zero-order valence-corrected chi connectivity index (χ0v) is 15.1. The summed E-state index contributed by atoms with van der Waals surface area (Å²) in [6.45, 7) is 3.93. The standard InChI is InChI=1S/C20H21FN2O4/c1-3-26-16-11-8-15(9-12-16)10-13-19(24)22-23-20(25)14(2)27-18-7-5-4-6-17(18)21/h4-14H,3H2,1-2H3,(H,22,24)(H,23,25)/b13-10+/t14-/m0/s1. The summed E-state index contributed by atoms with van der Waals surface area (Å²) in [6.07, 6.45) is 1.88. The molecule has 27 heavy (non-hydrogen) atoms. The van der Waals surface area contributed by atoms with E-state index in [2.05, 4.69) is 10.9 Å². The van der Waals surface area contributed by atoms with Crippen molar-refractivity contribution in [1.29, 1.82) is 0 Å². The molecule has 2 N–H and O–H groups in total. The molecule has 0 aromatic heterocycles. The van der Waals surface area contributed by atoms with Gasteiger partial charge in [0, 0.05) is 6.08 Å². The quantitative estimate of drug-likeness (QED) is 0.579. The Morgan fingerprint density at radius 1 is 1.11 bits per heavy atom. The highest BCUT2D eigenvalue weighted by molar-refractivity contribution is 5.93. The Hall–Kier alpha value is -3.35. The van der Waals surface area contributed by atoms with Crippen molar-refractivity contribution >= 4 is 17.9 Å². The molecule has 0 fully saturated rings. The molecule has 0 bridgehead atoms. The van der Waals surface area contributed by atoms with Crippen LogP contribution in [0.2, 0.25) is 0 Å². The van der Waals surface area contributed by atoms with Crippen LogP contribution in [0.1, 0.15) is 19.4 Å². The molecule has 0 heterocycles. The summed E-state index contributed by atoms with van der Waals surface area (Å²) in [5.41, 5.74) is 5.27. The third-order valence-electron chi connectivity index (χ3n) is 3.44. The van der Waals surface area contributed by atoms with Crippen LogP contribution in [0.15, 0.2) is 54.6 Å². The van der Waals surface area contributed by atoms with E-state index in [0.29, 0.717) is 6.61 Å². The van der Waals surface area contributed by atoms with Crippen molar-refractivity contribution in [1.82, 2.24) is 10.9 Å². The highest BCUT2D eigenvalue weighted by Crippen LogP contribution is 2.17. The molecule has 0 aliphatic rings. The van der Waals surface area contributed by atoms with E-state index >= 15 is 0 Å². The van der Waals surface area contributed by atoms with Gasteiger partial charge in [0.25, 0.3) is 11.8 Å². The number of carbonyl (C=O) groups is 2. The molecule has 6 nitrogen and oxygen atoms in total. The first-order valence-electron chi connectivity index (χ1n) is 8.41. The third kappa shape index (κ3) is 6.47. The number of ether oxygens (including phenoxy) is 2. The maximum Gasteiger partial charge on any atom is 0.279 e. The second-order valence-corrected chi connectivity index (χ2v) is 5.50. The second kappa shape index (κ2) is 9.96. The van der Waals surface area contributed by atoms with Gasteiger partial charge in [-0.3, -0.25) is 20.4 Å². The number of hydrazine groups is 1. The molecular weight excluding hydrogens is 351 g/mol. The van der Waals surface area contributed by atoms with Crippen LogP contribution in [0, 0.1) is 5.82 Å². The van der Waals surface area contributed by atoms with Crippen LogP contribution in [-0.4, -0.2) is 24.5 Å². The van der Waals surface area contributed by atoms with E-state index < -0.39 is 23.7 Å². The van der Waals surface area contributed by atoms with E-state index in [1.807, 2.05) is 6.92 Å². The lowest BCUT2D eigenvalue weighted by atomic mass is 10.2. The first kappa shape index (κ1) is 20.0. The van der Waals surface area contributed by atoms with Gasteiger partial charge in [-0.05, 0) is 49.8 Å². The summed E-state index contributed by atoms with van der Waals surface area (Å²) in [5, 5.41) is 0. The Balaban J connectivity index is 1.80. The van der Waals surface area contributed by atoms with Crippen LogP contribution in [0.25, 0.3) is 6.08 Å². The molecule has 2 rings (SSSR count). The van der Waals surface area contributed by atoms with Crippen LogP contribution in [0.3, 0.4) is 0 Å². The minimum Gasteiger partial charge on any atom is -0.494 e. The Morgan fingerprint density at radius 3 is 2.48 bits per heavy atom. The number of carbonyl (C=O) groups excluding carboxylic acids is 2. The molecule has 0 saturated heterocycles. The van der Waals surface area contributed by atoms with Crippen LogP contribution < -0.4 is 20.3 Å². The van der Waals surface area contributed by atoms with Crippen molar-refractivity contribution in [3.63, 3.8) is 0 Å². The molecule has 2 aromatic rings. The molecule has 0 saturated carbocycles. The fraction of sp³-hybridized carbons (Fsp3) is 0.200. The Bertz CT molecular complexity index is 806. The van der Waals surface area contributed by atoms with Gasteiger partial charge >= 0.3 is 0 Å². The number of nitrogens with one attached hydrogen (secondary N) is 2. The van der Waals surface area contributed by atoms with Gasteiger partial charge in [-0.1, -0.05) is 24.3 Å². The summed E-state index contributed by atoms with van der Waals surface area (Å²) in [7, 11) is 0. The number of benzene rings is 2. The number of rotatable bonds is 7. The average Bonchev–Trinajstić information content (AvgIpc) is 2.67. The summed E-state index contributed by atoms with van der Waals surface area (Å²) >= 11 is 0. The minimum absolute atomic E-state index is 0.0399. The lowest BCUT2D eigenvalue weighted by Gasteiger charge is -2.15. The van der Waals surface area contributed by atoms with E-state index in [1.165, 1.54) is 31.2 Å². The Labute approximate surface area is 157 Å².